The van der Waals surface area contributed by atoms with Gasteiger partial charge in [-0.1, -0.05) is 30.5 Å². The van der Waals surface area contributed by atoms with Gasteiger partial charge in [0, 0.05) is 10.6 Å². The van der Waals surface area contributed by atoms with Gasteiger partial charge in [-0.25, -0.2) is 0 Å². The highest BCUT2D eigenvalue weighted by atomic mass is 35.5. The smallest absolute Gasteiger partial charge is 0.125 e. The molecule has 2 rings (SSSR count). The Balaban J connectivity index is 2.00. The molecule has 0 spiro atoms. The second-order valence-corrected chi connectivity index (χ2v) is 4.99. The van der Waals surface area contributed by atoms with E-state index in [9.17, 15) is 0 Å². The molecule has 0 bridgehead atoms. The van der Waals surface area contributed by atoms with Crippen LogP contribution in [0.5, 0.6) is 5.75 Å². The van der Waals surface area contributed by atoms with Gasteiger partial charge in [-0.3, -0.25) is 0 Å². The van der Waals surface area contributed by atoms with E-state index < -0.39 is 0 Å². The van der Waals surface area contributed by atoms with E-state index in [4.69, 9.17) is 27.9 Å². The zero-order chi connectivity index (χ0) is 11.4. The van der Waals surface area contributed by atoms with Crippen LogP contribution in [0.25, 0.3) is 0 Å². The number of hydrogen-bond acceptors (Lipinski definition) is 1. The summed E-state index contributed by atoms with van der Waals surface area (Å²) in [7, 11) is 0. The van der Waals surface area contributed by atoms with Crippen LogP contribution in [0.2, 0.25) is 5.02 Å². The van der Waals surface area contributed by atoms with Crippen LogP contribution in [-0.4, -0.2) is 6.61 Å². The number of hydrogen-bond donors (Lipinski definition) is 0. The SMILES string of the molecule is ClCc1c(Cl)cccc1OCC1CCCC1. The Hall–Kier alpha value is -0.400. The van der Waals surface area contributed by atoms with E-state index in [0.29, 0.717) is 16.8 Å². The molecule has 1 aromatic carbocycles. The summed E-state index contributed by atoms with van der Waals surface area (Å²) in [4.78, 5) is 0. The van der Waals surface area contributed by atoms with E-state index in [1.54, 1.807) is 0 Å². The van der Waals surface area contributed by atoms with Crippen LogP contribution in [0, 0.1) is 5.92 Å². The zero-order valence-electron chi connectivity index (χ0n) is 9.22. The largest absolute Gasteiger partial charge is 0.493 e. The first kappa shape index (κ1) is 12.1. The Morgan fingerprint density at radius 3 is 2.69 bits per heavy atom. The number of halogens is 2. The van der Waals surface area contributed by atoms with E-state index >= 15 is 0 Å². The van der Waals surface area contributed by atoms with Crippen molar-refractivity contribution in [3.05, 3.63) is 28.8 Å². The quantitative estimate of drug-likeness (QED) is 0.715. The zero-order valence-corrected chi connectivity index (χ0v) is 10.7. The molecule has 0 atom stereocenters. The summed E-state index contributed by atoms with van der Waals surface area (Å²) in [5, 5.41) is 0.693. The maximum absolute atomic E-state index is 6.06. The van der Waals surface area contributed by atoms with Crippen LogP contribution in [0.4, 0.5) is 0 Å². The van der Waals surface area contributed by atoms with Gasteiger partial charge >= 0.3 is 0 Å². The summed E-state index contributed by atoms with van der Waals surface area (Å²) in [5.41, 5.74) is 0.906. The lowest BCUT2D eigenvalue weighted by Gasteiger charge is -2.14. The van der Waals surface area contributed by atoms with Gasteiger partial charge in [0.15, 0.2) is 0 Å². The second kappa shape index (κ2) is 5.79. The van der Waals surface area contributed by atoms with Crippen LogP contribution >= 0.6 is 23.2 Å². The summed E-state index contributed by atoms with van der Waals surface area (Å²) >= 11 is 11.9. The fourth-order valence-corrected chi connectivity index (χ4v) is 2.77. The van der Waals surface area contributed by atoms with Crippen molar-refractivity contribution in [2.45, 2.75) is 31.6 Å². The van der Waals surface area contributed by atoms with Gasteiger partial charge in [0.25, 0.3) is 0 Å². The Labute approximate surface area is 107 Å². The maximum atomic E-state index is 6.06. The predicted octanol–water partition coefficient (Wildman–Crippen LogP) is 4.65. The Bertz CT molecular complexity index is 346. The molecule has 0 aromatic heterocycles. The van der Waals surface area contributed by atoms with E-state index in [0.717, 1.165) is 17.9 Å². The molecular formula is C13H16Cl2O. The third-order valence-electron chi connectivity index (χ3n) is 3.16. The average Bonchev–Trinajstić information content (AvgIpc) is 2.79. The van der Waals surface area contributed by atoms with Gasteiger partial charge in [0.05, 0.1) is 12.5 Å². The summed E-state index contributed by atoms with van der Waals surface area (Å²) in [6.07, 6.45) is 5.26. The van der Waals surface area contributed by atoms with Crippen molar-refractivity contribution in [3.8, 4) is 5.75 Å². The molecule has 1 aliphatic carbocycles. The van der Waals surface area contributed by atoms with Crippen molar-refractivity contribution >= 4 is 23.2 Å². The average molecular weight is 259 g/mol. The number of benzene rings is 1. The lowest BCUT2D eigenvalue weighted by Crippen LogP contribution is -2.09. The van der Waals surface area contributed by atoms with E-state index in [2.05, 4.69) is 0 Å². The molecule has 0 heterocycles. The predicted molar refractivity (Wildman–Crippen MR) is 68.5 cm³/mol. The van der Waals surface area contributed by atoms with Gasteiger partial charge in [-0.2, -0.15) is 0 Å². The monoisotopic (exact) mass is 258 g/mol. The van der Waals surface area contributed by atoms with Crippen LogP contribution < -0.4 is 4.74 Å². The minimum absolute atomic E-state index is 0.402. The molecule has 3 heteroatoms. The topological polar surface area (TPSA) is 9.23 Å². The first-order valence-corrected chi connectivity index (χ1v) is 6.68. The molecule has 1 aliphatic rings. The van der Waals surface area contributed by atoms with Crippen LogP contribution in [-0.2, 0) is 5.88 Å². The lowest BCUT2D eigenvalue weighted by atomic mass is 10.1. The minimum Gasteiger partial charge on any atom is -0.493 e. The van der Waals surface area contributed by atoms with E-state index in [1.807, 2.05) is 18.2 Å². The molecule has 0 N–H and O–H groups in total. The number of rotatable bonds is 4. The summed E-state index contributed by atoms with van der Waals surface area (Å²) in [5.74, 6) is 1.95. The van der Waals surface area contributed by atoms with Crippen molar-refractivity contribution in [2.75, 3.05) is 6.61 Å². The molecule has 0 amide bonds. The Morgan fingerprint density at radius 1 is 1.25 bits per heavy atom. The summed E-state index contributed by atoms with van der Waals surface area (Å²) < 4.78 is 5.82. The minimum atomic E-state index is 0.402. The molecule has 0 radical (unpaired) electrons. The van der Waals surface area contributed by atoms with Crippen molar-refractivity contribution in [1.29, 1.82) is 0 Å². The molecule has 1 fully saturated rings. The summed E-state index contributed by atoms with van der Waals surface area (Å²) in [6.45, 7) is 0.796. The van der Waals surface area contributed by atoms with Crippen molar-refractivity contribution in [3.63, 3.8) is 0 Å². The van der Waals surface area contributed by atoms with Gasteiger partial charge in [-0.15, -0.1) is 11.6 Å². The van der Waals surface area contributed by atoms with Crippen LogP contribution in [0.3, 0.4) is 0 Å². The maximum Gasteiger partial charge on any atom is 0.125 e. The lowest BCUT2D eigenvalue weighted by molar-refractivity contribution is 0.250. The molecule has 1 saturated carbocycles. The number of alkyl halides is 1. The fraction of sp³-hybridized carbons (Fsp3) is 0.538. The van der Waals surface area contributed by atoms with Crippen molar-refractivity contribution < 1.29 is 4.74 Å². The first-order valence-electron chi connectivity index (χ1n) is 5.77. The fourth-order valence-electron chi connectivity index (χ4n) is 2.19. The van der Waals surface area contributed by atoms with Crippen molar-refractivity contribution in [2.24, 2.45) is 5.92 Å². The highest BCUT2D eigenvalue weighted by molar-refractivity contribution is 6.32. The standard InChI is InChI=1S/C13H16Cl2O/c14-8-11-12(15)6-3-7-13(11)16-9-10-4-1-2-5-10/h3,6-7,10H,1-2,4-5,8-9H2. The second-order valence-electron chi connectivity index (χ2n) is 4.31. The van der Waals surface area contributed by atoms with Crippen LogP contribution in [0.1, 0.15) is 31.2 Å². The highest BCUT2D eigenvalue weighted by Gasteiger charge is 2.16. The van der Waals surface area contributed by atoms with Gasteiger partial charge < -0.3 is 4.74 Å². The first-order chi connectivity index (χ1) is 7.81. The molecule has 1 aromatic rings. The van der Waals surface area contributed by atoms with Gasteiger partial charge in [0.1, 0.15) is 5.75 Å². The van der Waals surface area contributed by atoms with E-state index in [1.165, 1.54) is 25.7 Å². The van der Waals surface area contributed by atoms with E-state index in [-0.39, 0.29) is 0 Å². The molecule has 16 heavy (non-hydrogen) atoms. The third-order valence-corrected chi connectivity index (χ3v) is 3.78. The normalized spacial score (nSPS) is 16.6. The number of ether oxygens (including phenoxy) is 1. The molecule has 0 saturated heterocycles. The van der Waals surface area contributed by atoms with Crippen LogP contribution in [0.15, 0.2) is 18.2 Å². The van der Waals surface area contributed by atoms with Gasteiger partial charge in [-0.05, 0) is 30.9 Å². The van der Waals surface area contributed by atoms with Gasteiger partial charge in [0.2, 0.25) is 0 Å². The molecule has 0 aliphatic heterocycles. The van der Waals surface area contributed by atoms with Crippen molar-refractivity contribution in [1.82, 2.24) is 0 Å². The Kier molecular flexibility index (Phi) is 4.37. The molecule has 1 nitrogen and oxygen atoms in total. The molecule has 88 valence electrons. The third kappa shape index (κ3) is 2.83. The molecule has 0 unspecified atom stereocenters. The highest BCUT2D eigenvalue weighted by Crippen LogP contribution is 2.30. The Morgan fingerprint density at radius 2 is 2.00 bits per heavy atom. The molecular weight excluding hydrogens is 243 g/mol. The summed E-state index contributed by atoms with van der Waals surface area (Å²) in [6, 6.07) is 5.70.